The van der Waals surface area contributed by atoms with E-state index in [1.165, 1.54) is 6.07 Å². The van der Waals surface area contributed by atoms with Gasteiger partial charge in [0.2, 0.25) is 5.91 Å². The molecule has 6 nitrogen and oxygen atoms in total. The second-order valence-corrected chi connectivity index (χ2v) is 6.78. The number of imidazole rings is 1. The van der Waals surface area contributed by atoms with Crippen LogP contribution in [-0.2, 0) is 11.3 Å². The summed E-state index contributed by atoms with van der Waals surface area (Å²) in [5.74, 6) is 0.356. The Morgan fingerprint density at radius 1 is 1.04 bits per heavy atom. The van der Waals surface area contributed by atoms with Gasteiger partial charge in [0.25, 0.3) is 0 Å². The molecule has 3 aromatic rings. The maximum Gasteiger partial charge on any atom is 0.238 e. The molecule has 2 aromatic carbocycles. The second-order valence-electron chi connectivity index (χ2n) is 6.78. The summed E-state index contributed by atoms with van der Waals surface area (Å²) in [5, 5.41) is 2.64. The lowest BCUT2D eigenvalue weighted by Gasteiger charge is -2.33. The largest absolute Gasteiger partial charge is 0.341 e. The highest BCUT2D eigenvalue weighted by Crippen LogP contribution is 2.14. The number of carbonyl (C=O) groups excluding carboxylic acids is 1. The average Bonchev–Trinajstić information content (AvgIpc) is 3.07. The number of H-pyrrole nitrogens is 1. The van der Waals surface area contributed by atoms with Gasteiger partial charge in [-0.25, -0.2) is 9.37 Å². The fourth-order valence-electron chi connectivity index (χ4n) is 3.35. The first-order valence-corrected chi connectivity index (χ1v) is 9.10. The number of aromatic amines is 1. The summed E-state index contributed by atoms with van der Waals surface area (Å²) in [4.78, 5) is 24.5. The van der Waals surface area contributed by atoms with Crippen molar-refractivity contribution in [2.24, 2.45) is 0 Å². The maximum absolute atomic E-state index is 13.6. The number of hydrogen-bond acceptors (Lipinski definition) is 4. The number of benzene rings is 2. The lowest BCUT2D eigenvalue weighted by atomic mass is 10.3. The van der Waals surface area contributed by atoms with Crippen LogP contribution >= 0.6 is 0 Å². The molecule has 0 saturated carbocycles. The number of nitrogens with one attached hydrogen (secondary N) is 2. The summed E-state index contributed by atoms with van der Waals surface area (Å²) in [6.45, 7) is 4.36. The topological polar surface area (TPSA) is 64.3 Å². The molecule has 7 heteroatoms. The number of piperazine rings is 1. The quantitative estimate of drug-likeness (QED) is 0.727. The molecule has 2 N–H and O–H groups in total. The Balaban J connectivity index is 1.26. The van der Waals surface area contributed by atoms with Crippen LogP contribution in [0.3, 0.4) is 0 Å². The van der Waals surface area contributed by atoms with Crippen LogP contribution in [0.2, 0.25) is 0 Å². The minimum atomic E-state index is -0.415. The monoisotopic (exact) mass is 367 g/mol. The van der Waals surface area contributed by atoms with Crippen LogP contribution in [0.4, 0.5) is 10.1 Å². The Morgan fingerprint density at radius 3 is 2.52 bits per heavy atom. The van der Waals surface area contributed by atoms with Crippen molar-refractivity contribution >= 4 is 22.6 Å². The Morgan fingerprint density at radius 2 is 1.74 bits per heavy atom. The van der Waals surface area contributed by atoms with E-state index < -0.39 is 5.82 Å². The lowest BCUT2D eigenvalue weighted by molar-refractivity contribution is -0.117. The van der Waals surface area contributed by atoms with Gasteiger partial charge in [-0.15, -0.1) is 0 Å². The zero-order chi connectivity index (χ0) is 18.6. The third-order valence-electron chi connectivity index (χ3n) is 4.79. The molecule has 1 fully saturated rings. The molecule has 1 aliphatic heterocycles. The van der Waals surface area contributed by atoms with Gasteiger partial charge in [-0.05, 0) is 24.3 Å². The molecular formula is C20H22FN5O. The Hall–Kier alpha value is -2.77. The van der Waals surface area contributed by atoms with Crippen molar-refractivity contribution in [3.05, 3.63) is 60.2 Å². The van der Waals surface area contributed by atoms with E-state index in [-0.39, 0.29) is 18.1 Å². The van der Waals surface area contributed by atoms with Gasteiger partial charge in [-0.1, -0.05) is 24.3 Å². The van der Waals surface area contributed by atoms with Gasteiger partial charge in [0, 0.05) is 26.2 Å². The van der Waals surface area contributed by atoms with E-state index in [4.69, 9.17) is 0 Å². The van der Waals surface area contributed by atoms with Crippen LogP contribution in [0.5, 0.6) is 0 Å². The van der Waals surface area contributed by atoms with E-state index in [2.05, 4.69) is 25.1 Å². The van der Waals surface area contributed by atoms with Crippen molar-refractivity contribution < 1.29 is 9.18 Å². The molecule has 140 valence electrons. The molecule has 0 radical (unpaired) electrons. The molecule has 1 amide bonds. The second kappa shape index (κ2) is 7.85. The van der Waals surface area contributed by atoms with E-state index in [1.54, 1.807) is 18.2 Å². The lowest BCUT2D eigenvalue weighted by Crippen LogP contribution is -2.48. The Bertz CT molecular complexity index is 900. The summed E-state index contributed by atoms with van der Waals surface area (Å²) in [5.41, 5.74) is 2.26. The number of rotatable bonds is 5. The summed E-state index contributed by atoms with van der Waals surface area (Å²) in [6.07, 6.45) is 0. The van der Waals surface area contributed by atoms with Gasteiger partial charge >= 0.3 is 0 Å². The molecule has 1 aliphatic rings. The first kappa shape index (κ1) is 17.6. The van der Waals surface area contributed by atoms with E-state index in [1.807, 2.05) is 24.3 Å². The Kier molecular flexibility index (Phi) is 5.13. The maximum atomic E-state index is 13.6. The number of aromatic nitrogens is 2. The molecule has 0 atom stereocenters. The zero-order valence-electron chi connectivity index (χ0n) is 15.0. The third-order valence-corrected chi connectivity index (χ3v) is 4.79. The molecule has 27 heavy (non-hydrogen) atoms. The van der Waals surface area contributed by atoms with Gasteiger partial charge in [0.05, 0.1) is 29.8 Å². The molecule has 0 spiro atoms. The van der Waals surface area contributed by atoms with Crippen LogP contribution in [0, 0.1) is 5.82 Å². The zero-order valence-corrected chi connectivity index (χ0v) is 15.0. The van der Waals surface area contributed by atoms with E-state index >= 15 is 0 Å². The van der Waals surface area contributed by atoms with Crippen LogP contribution in [-0.4, -0.2) is 58.4 Å². The fourth-order valence-corrected chi connectivity index (χ4v) is 3.35. The molecule has 2 heterocycles. The normalized spacial score (nSPS) is 15.9. The molecule has 0 bridgehead atoms. The van der Waals surface area contributed by atoms with Gasteiger partial charge in [0.1, 0.15) is 11.6 Å². The van der Waals surface area contributed by atoms with Crippen LogP contribution in [0.15, 0.2) is 48.5 Å². The fraction of sp³-hybridized carbons (Fsp3) is 0.300. The number of hydrogen-bond donors (Lipinski definition) is 2. The summed E-state index contributed by atoms with van der Waals surface area (Å²) in [6, 6.07) is 14.2. The number of anilines is 1. The highest BCUT2D eigenvalue weighted by Gasteiger charge is 2.20. The van der Waals surface area contributed by atoms with Crippen LogP contribution in [0.25, 0.3) is 11.0 Å². The van der Waals surface area contributed by atoms with Crippen molar-refractivity contribution in [2.45, 2.75) is 6.54 Å². The number of fused-ring (bicyclic) bond motifs is 1. The van der Waals surface area contributed by atoms with Gasteiger partial charge in [-0.2, -0.15) is 0 Å². The van der Waals surface area contributed by atoms with Crippen LogP contribution in [0.1, 0.15) is 5.82 Å². The van der Waals surface area contributed by atoms with Gasteiger partial charge in [0.15, 0.2) is 0 Å². The third kappa shape index (κ3) is 4.32. The SMILES string of the molecule is O=C(CN1CCN(Cc2nc3ccccc3[nH]2)CC1)Nc1ccccc1F. The summed E-state index contributed by atoms with van der Waals surface area (Å²) < 4.78 is 13.6. The molecule has 1 saturated heterocycles. The van der Waals surface area contributed by atoms with Crippen molar-refractivity contribution in [1.29, 1.82) is 0 Å². The highest BCUT2D eigenvalue weighted by atomic mass is 19.1. The predicted molar refractivity (Wildman–Crippen MR) is 103 cm³/mol. The molecule has 1 aromatic heterocycles. The molecule has 4 rings (SSSR count). The van der Waals surface area contributed by atoms with Crippen molar-refractivity contribution in [3.8, 4) is 0 Å². The van der Waals surface area contributed by atoms with E-state index in [0.717, 1.165) is 49.6 Å². The average molecular weight is 367 g/mol. The minimum Gasteiger partial charge on any atom is -0.341 e. The molecular weight excluding hydrogens is 345 g/mol. The standard InChI is InChI=1S/C20H22FN5O/c21-15-5-1-2-6-16(15)24-20(27)14-26-11-9-25(10-12-26)13-19-22-17-7-3-4-8-18(17)23-19/h1-8H,9-14H2,(H,22,23)(H,24,27). The van der Waals surface area contributed by atoms with Gasteiger partial charge in [-0.3, -0.25) is 14.6 Å². The molecule has 0 aliphatic carbocycles. The predicted octanol–water partition coefficient (Wildman–Crippen LogP) is 2.46. The summed E-state index contributed by atoms with van der Waals surface area (Å²) >= 11 is 0. The van der Waals surface area contributed by atoms with E-state index in [9.17, 15) is 9.18 Å². The van der Waals surface area contributed by atoms with Crippen molar-refractivity contribution in [1.82, 2.24) is 19.8 Å². The minimum absolute atomic E-state index is 0.189. The van der Waals surface area contributed by atoms with Crippen molar-refractivity contribution in [3.63, 3.8) is 0 Å². The number of carbonyl (C=O) groups is 1. The number of nitrogens with zero attached hydrogens (tertiary/aromatic N) is 3. The number of halogens is 1. The van der Waals surface area contributed by atoms with Gasteiger partial charge < -0.3 is 10.3 Å². The number of para-hydroxylation sites is 3. The highest BCUT2D eigenvalue weighted by molar-refractivity contribution is 5.92. The number of amides is 1. The first-order chi connectivity index (χ1) is 13.2. The van der Waals surface area contributed by atoms with Crippen LogP contribution < -0.4 is 5.32 Å². The summed E-state index contributed by atoms with van der Waals surface area (Å²) in [7, 11) is 0. The smallest absolute Gasteiger partial charge is 0.238 e. The van der Waals surface area contributed by atoms with Crippen molar-refractivity contribution in [2.75, 3.05) is 38.0 Å². The Labute approximate surface area is 157 Å². The first-order valence-electron chi connectivity index (χ1n) is 9.10. The molecule has 0 unspecified atom stereocenters. The van der Waals surface area contributed by atoms with E-state index in [0.29, 0.717) is 0 Å².